The summed E-state index contributed by atoms with van der Waals surface area (Å²) >= 11 is 0. The van der Waals surface area contributed by atoms with Crippen LogP contribution >= 0.6 is 0 Å². The van der Waals surface area contributed by atoms with Gasteiger partial charge in [0.15, 0.2) is 0 Å². The van der Waals surface area contributed by atoms with E-state index >= 15 is 0 Å². The Hall–Kier alpha value is -1.50. The van der Waals surface area contributed by atoms with Gasteiger partial charge in [-0.25, -0.2) is 0 Å². The molecule has 1 fully saturated rings. The summed E-state index contributed by atoms with van der Waals surface area (Å²) in [7, 11) is 1.72. The molecule has 1 aromatic carbocycles. The van der Waals surface area contributed by atoms with Crippen molar-refractivity contribution in [1.82, 2.24) is 9.80 Å². The van der Waals surface area contributed by atoms with Gasteiger partial charge in [0.05, 0.1) is 11.5 Å². The SMILES string of the molecule is COC[C@@H](C)N1CCN(Cc2ccccc2[N+](=O)[O-])CC1. The van der Waals surface area contributed by atoms with Crippen LogP contribution in [-0.2, 0) is 11.3 Å². The molecule has 0 N–H and O–H groups in total. The van der Waals surface area contributed by atoms with E-state index in [-0.39, 0.29) is 10.6 Å². The molecule has 1 heterocycles. The molecule has 0 unspecified atom stereocenters. The maximum atomic E-state index is 11.0. The molecule has 0 spiro atoms. The molecule has 1 saturated heterocycles. The number of para-hydroxylation sites is 1. The van der Waals surface area contributed by atoms with Crippen LogP contribution in [0.15, 0.2) is 24.3 Å². The fourth-order valence-corrected chi connectivity index (χ4v) is 2.77. The van der Waals surface area contributed by atoms with Gasteiger partial charge in [-0.15, -0.1) is 0 Å². The van der Waals surface area contributed by atoms with Gasteiger partial charge < -0.3 is 4.74 Å². The van der Waals surface area contributed by atoms with E-state index in [0.717, 1.165) is 38.3 Å². The highest BCUT2D eigenvalue weighted by Crippen LogP contribution is 2.20. The first-order valence-electron chi connectivity index (χ1n) is 7.29. The Bertz CT molecular complexity index is 473. The fourth-order valence-electron chi connectivity index (χ4n) is 2.77. The number of nitro groups is 1. The zero-order valence-electron chi connectivity index (χ0n) is 12.7. The monoisotopic (exact) mass is 293 g/mol. The average molecular weight is 293 g/mol. The molecular weight excluding hydrogens is 270 g/mol. The zero-order chi connectivity index (χ0) is 15.2. The van der Waals surface area contributed by atoms with Gasteiger partial charge in [0, 0.05) is 57.5 Å². The summed E-state index contributed by atoms with van der Waals surface area (Å²) in [5, 5.41) is 11.0. The maximum Gasteiger partial charge on any atom is 0.273 e. The first-order chi connectivity index (χ1) is 10.1. The topological polar surface area (TPSA) is 58.8 Å². The molecule has 0 aliphatic carbocycles. The number of piperazine rings is 1. The van der Waals surface area contributed by atoms with Crippen LogP contribution in [0, 0.1) is 10.1 Å². The molecule has 0 amide bonds. The molecule has 0 bridgehead atoms. The van der Waals surface area contributed by atoms with E-state index < -0.39 is 0 Å². The van der Waals surface area contributed by atoms with E-state index in [4.69, 9.17) is 4.74 Å². The number of hydrogen-bond acceptors (Lipinski definition) is 5. The highest BCUT2D eigenvalue weighted by Gasteiger charge is 2.22. The lowest BCUT2D eigenvalue weighted by Gasteiger charge is -2.37. The van der Waals surface area contributed by atoms with Gasteiger partial charge in [0.1, 0.15) is 0 Å². The Morgan fingerprint density at radius 1 is 1.29 bits per heavy atom. The molecule has 0 aromatic heterocycles. The lowest BCUT2D eigenvalue weighted by Crippen LogP contribution is -2.50. The van der Waals surface area contributed by atoms with Gasteiger partial charge in [-0.2, -0.15) is 0 Å². The second kappa shape index (κ2) is 7.49. The first-order valence-corrected chi connectivity index (χ1v) is 7.29. The number of methoxy groups -OCH3 is 1. The largest absolute Gasteiger partial charge is 0.383 e. The third-order valence-corrected chi connectivity index (χ3v) is 4.02. The van der Waals surface area contributed by atoms with Crippen molar-refractivity contribution >= 4 is 5.69 Å². The molecule has 21 heavy (non-hydrogen) atoms. The minimum atomic E-state index is -0.299. The number of benzene rings is 1. The molecule has 6 nitrogen and oxygen atoms in total. The minimum Gasteiger partial charge on any atom is -0.383 e. The van der Waals surface area contributed by atoms with Crippen molar-refractivity contribution in [3.63, 3.8) is 0 Å². The van der Waals surface area contributed by atoms with Gasteiger partial charge in [-0.05, 0) is 6.92 Å². The predicted molar refractivity (Wildman–Crippen MR) is 81.3 cm³/mol. The summed E-state index contributed by atoms with van der Waals surface area (Å²) in [4.78, 5) is 15.4. The Balaban J connectivity index is 1.91. The van der Waals surface area contributed by atoms with Gasteiger partial charge >= 0.3 is 0 Å². The summed E-state index contributed by atoms with van der Waals surface area (Å²) < 4.78 is 5.19. The van der Waals surface area contributed by atoms with Crippen LogP contribution in [0.3, 0.4) is 0 Å². The Labute approximate surface area is 125 Å². The van der Waals surface area contributed by atoms with Crippen LogP contribution in [0.25, 0.3) is 0 Å². The van der Waals surface area contributed by atoms with Crippen molar-refractivity contribution in [3.8, 4) is 0 Å². The third kappa shape index (κ3) is 4.23. The van der Waals surface area contributed by atoms with Gasteiger partial charge in [-0.3, -0.25) is 19.9 Å². The van der Waals surface area contributed by atoms with Crippen LogP contribution in [0.1, 0.15) is 12.5 Å². The molecule has 1 aliphatic rings. The smallest absolute Gasteiger partial charge is 0.273 e. The lowest BCUT2D eigenvalue weighted by atomic mass is 10.1. The summed E-state index contributed by atoms with van der Waals surface area (Å²) in [5.41, 5.74) is 1.01. The lowest BCUT2D eigenvalue weighted by molar-refractivity contribution is -0.385. The zero-order valence-corrected chi connectivity index (χ0v) is 12.7. The molecule has 1 aromatic rings. The molecule has 0 saturated carbocycles. The number of ether oxygens (including phenoxy) is 1. The molecule has 2 rings (SSSR count). The van der Waals surface area contributed by atoms with E-state index in [1.165, 1.54) is 0 Å². The average Bonchev–Trinajstić information content (AvgIpc) is 2.48. The van der Waals surface area contributed by atoms with Crippen molar-refractivity contribution in [2.24, 2.45) is 0 Å². The highest BCUT2D eigenvalue weighted by atomic mass is 16.6. The highest BCUT2D eigenvalue weighted by molar-refractivity contribution is 5.39. The van der Waals surface area contributed by atoms with E-state index in [1.54, 1.807) is 19.2 Å². The van der Waals surface area contributed by atoms with Crippen molar-refractivity contribution in [2.45, 2.75) is 19.5 Å². The van der Waals surface area contributed by atoms with Gasteiger partial charge in [-0.1, -0.05) is 18.2 Å². The predicted octanol–water partition coefficient (Wildman–Crippen LogP) is 1.75. The third-order valence-electron chi connectivity index (χ3n) is 4.02. The number of nitro benzene ring substituents is 1. The Morgan fingerprint density at radius 2 is 1.95 bits per heavy atom. The van der Waals surface area contributed by atoms with Crippen LogP contribution < -0.4 is 0 Å². The van der Waals surface area contributed by atoms with Crippen molar-refractivity contribution in [1.29, 1.82) is 0 Å². The molecule has 116 valence electrons. The van der Waals surface area contributed by atoms with E-state index in [2.05, 4.69) is 16.7 Å². The quantitative estimate of drug-likeness (QED) is 0.591. The second-order valence-electron chi connectivity index (χ2n) is 5.50. The maximum absolute atomic E-state index is 11.0. The summed E-state index contributed by atoms with van der Waals surface area (Å²) in [5.74, 6) is 0. The summed E-state index contributed by atoms with van der Waals surface area (Å²) in [6.07, 6.45) is 0. The number of nitrogens with zero attached hydrogens (tertiary/aromatic N) is 3. The first kappa shape index (κ1) is 15.9. The minimum absolute atomic E-state index is 0.215. The summed E-state index contributed by atoms with van der Waals surface area (Å²) in [6, 6.07) is 7.42. The molecular formula is C15H23N3O3. The van der Waals surface area contributed by atoms with Crippen molar-refractivity contribution in [3.05, 3.63) is 39.9 Å². The van der Waals surface area contributed by atoms with E-state index in [9.17, 15) is 10.1 Å². The van der Waals surface area contributed by atoms with Gasteiger partial charge in [0.2, 0.25) is 0 Å². The fraction of sp³-hybridized carbons (Fsp3) is 0.600. The molecule has 6 heteroatoms. The number of hydrogen-bond donors (Lipinski definition) is 0. The number of rotatable bonds is 6. The van der Waals surface area contributed by atoms with E-state index in [1.807, 2.05) is 12.1 Å². The molecule has 0 radical (unpaired) electrons. The van der Waals surface area contributed by atoms with Crippen LogP contribution in [0.2, 0.25) is 0 Å². The standard InChI is InChI=1S/C15H23N3O3/c1-13(12-21-2)17-9-7-16(8-10-17)11-14-5-3-4-6-15(14)18(19)20/h3-6,13H,7-12H2,1-2H3/t13-/m1/s1. The Kier molecular flexibility index (Phi) is 5.67. The molecule has 1 aliphatic heterocycles. The van der Waals surface area contributed by atoms with Crippen LogP contribution in [0.5, 0.6) is 0 Å². The van der Waals surface area contributed by atoms with Crippen molar-refractivity contribution < 1.29 is 9.66 Å². The van der Waals surface area contributed by atoms with E-state index in [0.29, 0.717) is 12.6 Å². The van der Waals surface area contributed by atoms with Crippen LogP contribution in [0.4, 0.5) is 5.69 Å². The summed E-state index contributed by atoms with van der Waals surface area (Å²) in [6.45, 7) is 7.37. The molecule has 1 atom stereocenters. The van der Waals surface area contributed by atoms with Crippen molar-refractivity contribution in [2.75, 3.05) is 39.9 Å². The normalized spacial score (nSPS) is 18.6. The van der Waals surface area contributed by atoms with Gasteiger partial charge in [0.25, 0.3) is 5.69 Å². The second-order valence-corrected chi connectivity index (χ2v) is 5.50. The van der Waals surface area contributed by atoms with Crippen LogP contribution in [-0.4, -0.2) is 60.7 Å². The Morgan fingerprint density at radius 3 is 2.57 bits per heavy atom.